The first-order valence-corrected chi connectivity index (χ1v) is 4.78. The molecule has 2 aromatic carbocycles. The summed E-state index contributed by atoms with van der Waals surface area (Å²) in [5, 5.41) is 2.49. The lowest BCUT2D eigenvalue weighted by Crippen LogP contribution is -1.88. The molecule has 0 aliphatic carbocycles. The Morgan fingerprint density at radius 3 is 2.57 bits per heavy atom. The van der Waals surface area contributed by atoms with Gasteiger partial charge in [0.25, 0.3) is 0 Å². The second-order valence-electron chi connectivity index (χ2n) is 3.62. The van der Waals surface area contributed by atoms with Crippen molar-refractivity contribution in [3.63, 3.8) is 0 Å². The Balaban J connectivity index is 2.96. The van der Waals surface area contributed by atoms with Crippen molar-refractivity contribution >= 4 is 16.8 Å². The molecule has 0 aliphatic rings. The fourth-order valence-corrected chi connectivity index (χ4v) is 1.84. The average molecular weight is 181 g/mol. The topological polar surface area (TPSA) is 0 Å². The maximum Gasteiger partial charge on any atom is -0.0109 e. The SMILES string of the molecule is [CH]=Cc1c(C)c(C)cc2ccccc12. The molecule has 0 saturated heterocycles. The first-order valence-electron chi connectivity index (χ1n) is 4.78. The van der Waals surface area contributed by atoms with Crippen molar-refractivity contribution in [1.82, 2.24) is 0 Å². The minimum atomic E-state index is 1.15. The Morgan fingerprint density at radius 1 is 1.14 bits per heavy atom. The smallest absolute Gasteiger partial charge is 0.0109 e. The summed E-state index contributed by atoms with van der Waals surface area (Å²) in [5.74, 6) is 0. The summed E-state index contributed by atoms with van der Waals surface area (Å²) in [6.07, 6.45) is 1.70. The molecule has 69 valence electrons. The molecule has 2 rings (SSSR count). The summed E-state index contributed by atoms with van der Waals surface area (Å²) >= 11 is 0. The lowest BCUT2D eigenvalue weighted by atomic mass is 9.96. The van der Waals surface area contributed by atoms with E-state index < -0.39 is 0 Å². The van der Waals surface area contributed by atoms with Gasteiger partial charge in [0.2, 0.25) is 0 Å². The van der Waals surface area contributed by atoms with Gasteiger partial charge in [-0.2, -0.15) is 0 Å². The van der Waals surface area contributed by atoms with Crippen molar-refractivity contribution in [2.45, 2.75) is 13.8 Å². The van der Waals surface area contributed by atoms with Crippen molar-refractivity contribution in [1.29, 1.82) is 0 Å². The van der Waals surface area contributed by atoms with E-state index in [-0.39, 0.29) is 0 Å². The Labute approximate surface area is 84.9 Å². The van der Waals surface area contributed by atoms with Gasteiger partial charge in [-0.05, 0) is 41.3 Å². The summed E-state index contributed by atoms with van der Waals surface area (Å²) in [6.45, 7) is 9.89. The number of fused-ring (bicyclic) bond motifs is 1. The first-order chi connectivity index (χ1) is 6.74. The van der Waals surface area contributed by atoms with Crippen LogP contribution in [0.3, 0.4) is 0 Å². The highest BCUT2D eigenvalue weighted by Gasteiger charge is 2.03. The second kappa shape index (κ2) is 3.30. The van der Waals surface area contributed by atoms with Gasteiger partial charge in [-0.3, -0.25) is 0 Å². The van der Waals surface area contributed by atoms with Crippen LogP contribution in [0.25, 0.3) is 16.8 Å². The minimum Gasteiger partial charge on any atom is -0.0616 e. The molecule has 0 aromatic heterocycles. The van der Waals surface area contributed by atoms with Crippen LogP contribution in [-0.2, 0) is 0 Å². The molecule has 0 amide bonds. The Morgan fingerprint density at radius 2 is 1.86 bits per heavy atom. The number of hydrogen-bond acceptors (Lipinski definition) is 0. The highest BCUT2D eigenvalue weighted by Crippen LogP contribution is 2.25. The summed E-state index contributed by atoms with van der Waals surface area (Å²) in [7, 11) is 0. The molecular formula is C14H13. The van der Waals surface area contributed by atoms with E-state index in [0.29, 0.717) is 0 Å². The van der Waals surface area contributed by atoms with Crippen LogP contribution >= 0.6 is 0 Å². The highest BCUT2D eigenvalue weighted by atomic mass is 14.1. The predicted molar refractivity (Wildman–Crippen MR) is 62.2 cm³/mol. The third-order valence-electron chi connectivity index (χ3n) is 2.79. The number of aryl methyl sites for hydroxylation is 1. The Kier molecular flexibility index (Phi) is 2.12. The largest absolute Gasteiger partial charge is 0.0616 e. The van der Waals surface area contributed by atoms with E-state index in [1.807, 2.05) is 6.07 Å². The van der Waals surface area contributed by atoms with Gasteiger partial charge in [-0.1, -0.05) is 43.0 Å². The van der Waals surface area contributed by atoms with Gasteiger partial charge < -0.3 is 0 Å². The normalized spacial score (nSPS) is 10.4. The number of rotatable bonds is 1. The third kappa shape index (κ3) is 1.24. The molecular weight excluding hydrogens is 168 g/mol. The molecule has 0 heterocycles. The maximum atomic E-state index is 5.66. The fraction of sp³-hybridized carbons (Fsp3) is 0.143. The van der Waals surface area contributed by atoms with Gasteiger partial charge in [0.05, 0.1) is 0 Å². The van der Waals surface area contributed by atoms with Gasteiger partial charge >= 0.3 is 0 Å². The molecule has 0 N–H and O–H groups in total. The standard InChI is InChI=1S/C14H13/c1-4-13-11(3)10(2)9-12-7-5-6-8-14(12)13/h1,4-9H,2-3H3. The van der Waals surface area contributed by atoms with Gasteiger partial charge in [-0.15, -0.1) is 0 Å². The van der Waals surface area contributed by atoms with Crippen LogP contribution in [0.1, 0.15) is 16.7 Å². The maximum absolute atomic E-state index is 5.66. The van der Waals surface area contributed by atoms with E-state index in [9.17, 15) is 0 Å². The molecule has 0 unspecified atom stereocenters. The van der Waals surface area contributed by atoms with Crippen molar-refractivity contribution < 1.29 is 0 Å². The molecule has 0 atom stereocenters. The summed E-state index contributed by atoms with van der Waals surface area (Å²) in [5.41, 5.74) is 3.72. The van der Waals surface area contributed by atoms with E-state index >= 15 is 0 Å². The summed E-state index contributed by atoms with van der Waals surface area (Å²) in [4.78, 5) is 0. The van der Waals surface area contributed by atoms with Crippen LogP contribution < -0.4 is 0 Å². The molecule has 1 radical (unpaired) electrons. The van der Waals surface area contributed by atoms with E-state index in [4.69, 9.17) is 6.58 Å². The molecule has 14 heavy (non-hydrogen) atoms. The number of benzene rings is 2. The third-order valence-corrected chi connectivity index (χ3v) is 2.79. The lowest BCUT2D eigenvalue weighted by Gasteiger charge is -2.09. The molecule has 0 nitrogen and oxygen atoms in total. The first kappa shape index (κ1) is 9.01. The Hall–Kier alpha value is -1.56. The second-order valence-corrected chi connectivity index (χ2v) is 3.62. The van der Waals surface area contributed by atoms with E-state index in [2.05, 4.69) is 38.1 Å². The van der Waals surface area contributed by atoms with Gasteiger partial charge in [0, 0.05) is 0 Å². The zero-order valence-electron chi connectivity index (χ0n) is 8.54. The van der Waals surface area contributed by atoms with Crippen LogP contribution in [-0.4, -0.2) is 0 Å². The average Bonchev–Trinajstić information content (AvgIpc) is 2.20. The Bertz CT molecular complexity index is 493. The van der Waals surface area contributed by atoms with Crippen molar-refractivity contribution in [3.05, 3.63) is 53.6 Å². The fourth-order valence-electron chi connectivity index (χ4n) is 1.84. The molecule has 0 fully saturated rings. The van der Waals surface area contributed by atoms with Crippen LogP contribution in [0.15, 0.2) is 30.3 Å². The summed E-state index contributed by atoms with van der Waals surface area (Å²) < 4.78 is 0. The molecule has 2 aromatic rings. The highest BCUT2D eigenvalue weighted by molar-refractivity contribution is 5.92. The van der Waals surface area contributed by atoms with Gasteiger partial charge in [0.1, 0.15) is 0 Å². The molecule has 0 bridgehead atoms. The monoisotopic (exact) mass is 181 g/mol. The molecule has 0 aliphatic heterocycles. The van der Waals surface area contributed by atoms with Crippen molar-refractivity contribution in [2.75, 3.05) is 0 Å². The zero-order valence-corrected chi connectivity index (χ0v) is 8.54. The molecule has 0 heteroatoms. The van der Waals surface area contributed by atoms with Crippen molar-refractivity contribution in [2.24, 2.45) is 0 Å². The van der Waals surface area contributed by atoms with E-state index in [1.54, 1.807) is 6.08 Å². The van der Waals surface area contributed by atoms with Crippen LogP contribution in [0.5, 0.6) is 0 Å². The van der Waals surface area contributed by atoms with Crippen LogP contribution in [0, 0.1) is 20.4 Å². The van der Waals surface area contributed by atoms with E-state index in [0.717, 1.165) is 5.56 Å². The number of hydrogen-bond donors (Lipinski definition) is 0. The molecule has 0 saturated carbocycles. The van der Waals surface area contributed by atoms with Crippen LogP contribution in [0.4, 0.5) is 0 Å². The predicted octanol–water partition coefficient (Wildman–Crippen LogP) is 3.90. The van der Waals surface area contributed by atoms with E-state index in [1.165, 1.54) is 21.9 Å². The molecule has 0 spiro atoms. The zero-order chi connectivity index (χ0) is 10.1. The lowest BCUT2D eigenvalue weighted by molar-refractivity contribution is 1.35. The van der Waals surface area contributed by atoms with Crippen molar-refractivity contribution in [3.8, 4) is 0 Å². The van der Waals surface area contributed by atoms with Gasteiger partial charge in [-0.25, -0.2) is 0 Å². The quantitative estimate of drug-likeness (QED) is 0.625. The van der Waals surface area contributed by atoms with Gasteiger partial charge in [0.15, 0.2) is 0 Å². The van der Waals surface area contributed by atoms with Crippen LogP contribution in [0.2, 0.25) is 0 Å². The summed E-state index contributed by atoms with van der Waals surface area (Å²) in [6, 6.07) is 10.5. The minimum absolute atomic E-state index is 1.15.